The number of hydrogen-bond acceptors (Lipinski definition) is 6. The first-order valence-corrected chi connectivity index (χ1v) is 12.2. The molecule has 3 aromatic rings. The van der Waals surface area contributed by atoms with E-state index in [0.29, 0.717) is 33.3 Å². The summed E-state index contributed by atoms with van der Waals surface area (Å²) >= 11 is 6.17. The maximum atomic E-state index is 12.7. The first-order chi connectivity index (χ1) is 17.7. The highest BCUT2D eigenvalue weighted by atomic mass is 35.5. The predicted molar refractivity (Wildman–Crippen MR) is 143 cm³/mol. The highest BCUT2D eigenvalue weighted by Gasteiger charge is 2.21. The lowest BCUT2D eigenvalue weighted by molar-refractivity contribution is -0.125. The molecule has 37 heavy (non-hydrogen) atoms. The number of nitrogens with zero attached hydrogens (tertiary/aromatic N) is 2. The van der Waals surface area contributed by atoms with Gasteiger partial charge in [0.25, 0.3) is 11.8 Å². The van der Waals surface area contributed by atoms with Crippen LogP contribution in [-0.2, 0) is 9.53 Å². The Morgan fingerprint density at radius 2 is 1.65 bits per heavy atom. The summed E-state index contributed by atoms with van der Waals surface area (Å²) in [5.74, 6) is -1.24. The van der Waals surface area contributed by atoms with Crippen LogP contribution in [0.4, 0.5) is 5.69 Å². The van der Waals surface area contributed by atoms with Gasteiger partial charge in [0.1, 0.15) is 5.75 Å². The van der Waals surface area contributed by atoms with E-state index in [1.807, 2.05) is 23.6 Å². The van der Waals surface area contributed by atoms with Gasteiger partial charge in [-0.15, -0.1) is 0 Å². The van der Waals surface area contributed by atoms with Crippen molar-refractivity contribution < 1.29 is 23.9 Å². The Morgan fingerprint density at radius 1 is 0.973 bits per heavy atom. The van der Waals surface area contributed by atoms with Gasteiger partial charge in [0, 0.05) is 40.8 Å². The Kier molecular flexibility index (Phi) is 9.19. The number of carbonyl (C=O) groups is 3. The zero-order valence-corrected chi connectivity index (χ0v) is 22.3. The fourth-order valence-electron chi connectivity index (χ4n) is 4.03. The molecule has 0 fully saturated rings. The first kappa shape index (κ1) is 27.6. The molecule has 1 heterocycles. The van der Waals surface area contributed by atoms with E-state index in [2.05, 4.69) is 29.6 Å². The number of aromatic nitrogens is 1. The van der Waals surface area contributed by atoms with E-state index in [1.165, 1.54) is 0 Å². The van der Waals surface area contributed by atoms with Gasteiger partial charge in [-0.3, -0.25) is 20.4 Å². The molecule has 9 nitrogen and oxygen atoms in total. The molecule has 0 aliphatic rings. The van der Waals surface area contributed by atoms with E-state index in [9.17, 15) is 14.4 Å². The number of halogens is 1. The maximum absolute atomic E-state index is 12.7. The van der Waals surface area contributed by atoms with Gasteiger partial charge < -0.3 is 18.9 Å². The SMILES string of the molecule is CCN(CC)c1ccc(C(=O)NNC(=O)COC(=O)c2cc(C)n(-c3cc(Cl)ccc3OC)c2C)cc1. The average molecular weight is 527 g/mol. The number of hydrogen-bond donors (Lipinski definition) is 2. The van der Waals surface area contributed by atoms with Crippen LogP contribution in [0.5, 0.6) is 5.75 Å². The third-order valence-electron chi connectivity index (χ3n) is 5.94. The van der Waals surface area contributed by atoms with Crippen molar-refractivity contribution in [2.45, 2.75) is 27.7 Å². The molecule has 0 aliphatic carbocycles. The van der Waals surface area contributed by atoms with Crippen LogP contribution >= 0.6 is 11.6 Å². The number of ether oxygens (including phenoxy) is 2. The van der Waals surface area contributed by atoms with Gasteiger partial charge >= 0.3 is 5.97 Å². The van der Waals surface area contributed by atoms with Gasteiger partial charge in [-0.25, -0.2) is 4.79 Å². The Hall–Kier alpha value is -3.98. The molecule has 2 amide bonds. The number of hydrazine groups is 1. The van der Waals surface area contributed by atoms with Gasteiger partial charge in [0.05, 0.1) is 18.4 Å². The molecule has 10 heteroatoms. The Labute approximate surface area is 221 Å². The van der Waals surface area contributed by atoms with E-state index in [1.54, 1.807) is 50.4 Å². The predicted octanol–water partition coefficient (Wildman–Crippen LogP) is 4.22. The molecule has 0 bridgehead atoms. The number of anilines is 1. The number of nitrogens with one attached hydrogen (secondary N) is 2. The summed E-state index contributed by atoms with van der Waals surface area (Å²) in [5.41, 5.74) is 8.32. The Bertz CT molecular complexity index is 1280. The van der Waals surface area contributed by atoms with Crippen LogP contribution in [0.2, 0.25) is 5.02 Å². The largest absolute Gasteiger partial charge is 0.495 e. The minimum atomic E-state index is -0.674. The molecule has 0 unspecified atom stereocenters. The number of aryl methyl sites for hydroxylation is 1. The molecule has 0 saturated carbocycles. The van der Waals surface area contributed by atoms with Gasteiger partial charge in [0.2, 0.25) is 0 Å². The zero-order valence-electron chi connectivity index (χ0n) is 21.6. The smallest absolute Gasteiger partial charge is 0.340 e. The number of rotatable bonds is 9. The van der Waals surface area contributed by atoms with Crippen LogP contribution < -0.4 is 20.5 Å². The number of carbonyl (C=O) groups excluding carboxylic acids is 3. The molecule has 1 aromatic heterocycles. The second-order valence-corrected chi connectivity index (χ2v) is 8.67. The van der Waals surface area contributed by atoms with Crippen molar-refractivity contribution in [3.8, 4) is 11.4 Å². The van der Waals surface area contributed by atoms with Crippen LogP contribution in [0.3, 0.4) is 0 Å². The molecule has 0 spiro atoms. The molecule has 0 saturated heterocycles. The Morgan fingerprint density at radius 3 is 2.27 bits per heavy atom. The number of esters is 1. The molecule has 196 valence electrons. The number of amides is 2. The van der Waals surface area contributed by atoms with E-state index >= 15 is 0 Å². The molecule has 0 atom stereocenters. The minimum absolute atomic E-state index is 0.296. The second-order valence-electron chi connectivity index (χ2n) is 8.23. The zero-order chi connectivity index (χ0) is 27.1. The van der Waals surface area contributed by atoms with Gasteiger partial charge in [0.15, 0.2) is 6.61 Å². The average Bonchev–Trinajstić information content (AvgIpc) is 3.20. The summed E-state index contributed by atoms with van der Waals surface area (Å²) < 4.78 is 12.4. The lowest BCUT2D eigenvalue weighted by Crippen LogP contribution is -2.43. The maximum Gasteiger partial charge on any atom is 0.340 e. The van der Waals surface area contributed by atoms with Gasteiger partial charge in [-0.05, 0) is 76.2 Å². The fourth-order valence-corrected chi connectivity index (χ4v) is 4.20. The first-order valence-electron chi connectivity index (χ1n) is 11.8. The van der Waals surface area contributed by atoms with Gasteiger partial charge in [-0.2, -0.15) is 0 Å². The van der Waals surface area contributed by atoms with Crippen molar-refractivity contribution in [3.05, 3.63) is 76.1 Å². The van der Waals surface area contributed by atoms with Crippen molar-refractivity contribution in [1.29, 1.82) is 0 Å². The lowest BCUT2D eigenvalue weighted by atomic mass is 10.2. The molecule has 2 aromatic carbocycles. The van der Waals surface area contributed by atoms with Crippen molar-refractivity contribution in [1.82, 2.24) is 15.4 Å². The van der Waals surface area contributed by atoms with E-state index in [4.69, 9.17) is 21.1 Å². The van der Waals surface area contributed by atoms with Crippen LogP contribution in [0.15, 0.2) is 48.5 Å². The lowest BCUT2D eigenvalue weighted by Gasteiger charge is -2.21. The van der Waals surface area contributed by atoms with E-state index in [-0.39, 0.29) is 0 Å². The number of methoxy groups -OCH3 is 1. The van der Waals surface area contributed by atoms with E-state index in [0.717, 1.165) is 24.5 Å². The summed E-state index contributed by atoms with van der Waals surface area (Å²) in [6, 6.07) is 13.9. The summed E-state index contributed by atoms with van der Waals surface area (Å²) in [6.07, 6.45) is 0. The second kappa shape index (κ2) is 12.3. The Balaban J connectivity index is 1.59. The summed E-state index contributed by atoms with van der Waals surface area (Å²) in [6.45, 7) is 8.85. The summed E-state index contributed by atoms with van der Waals surface area (Å²) in [7, 11) is 1.55. The van der Waals surface area contributed by atoms with Crippen LogP contribution in [0.1, 0.15) is 46.0 Å². The summed E-state index contributed by atoms with van der Waals surface area (Å²) in [5, 5.41) is 0.519. The van der Waals surface area contributed by atoms with Crippen molar-refractivity contribution in [2.75, 3.05) is 31.7 Å². The van der Waals surface area contributed by atoms with Crippen LogP contribution in [0.25, 0.3) is 5.69 Å². The molecule has 2 N–H and O–H groups in total. The third kappa shape index (κ3) is 6.42. The standard InChI is InChI=1S/C27H31ClN4O5/c1-6-31(7-2)21-11-8-19(9-12-21)26(34)30-29-25(33)16-37-27(35)22-14-17(3)32(18(22)4)23-15-20(28)10-13-24(23)36-5/h8-15H,6-7,16H2,1-5H3,(H,29,33)(H,30,34). The van der Waals surface area contributed by atoms with Crippen molar-refractivity contribution in [2.24, 2.45) is 0 Å². The van der Waals surface area contributed by atoms with Crippen LogP contribution in [0, 0.1) is 13.8 Å². The van der Waals surface area contributed by atoms with E-state index < -0.39 is 24.4 Å². The molecular weight excluding hydrogens is 496 g/mol. The van der Waals surface area contributed by atoms with Crippen molar-refractivity contribution in [3.63, 3.8) is 0 Å². The third-order valence-corrected chi connectivity index (χ3v) is 6.18. The number of benzene rings is 2. The minimum Gasteiger partial charge on any atom is -0.495 e. The fraction of sp³-hybridized carbons (Fsp3) is 0.296. The van der Waals surface area contributed by atoms with Gasteiger partial charge in [-0.1, -0.05) is 11.6 Å². The normalized spacial score (nSPS) is 10.5. The summed E-state index contributed by atoms with van der Waals surface area (Å²) in [4.78, 5) is 39.4. The quantitative estimate of drug-likeness (QED) is 0.320. The molecule has 0 aliphatic heterocycles. The highest BCUT2D eigenvalue weighted by Crippen LogP contribution is 2.30. The van der Waals surface area contributed by atoms with Crippen molar-refractivity contribution >= 4 is 35.1 Å². The highest BCUT2D eigenvalue weighted by molar-refractivity contribution is 6.30. The monoisotopic (exact) mass is 526 g/mol. The molecule has 3 rings (SSSR count). The molecule has 0 radical (unpaired) electrons. The topological polar surface area (TPSA) is 102 Å². The molecular formula is C27H31ClN4O5. The van der Waals surface area contributed by atoms with Crippen LogP contribution in [-0.4, -0.2) is 49.2 Å².